The molecule has 4 atom stereocenters. The molecule has 0 heterocycles. The van der Waals surface area contributed by atoms with Crippen molar-refractivity contribution in [3.05, 3.63) is 45.7 Å². The topological polar surface area (TPSA) is 229 Å². The van der Waals surface area contributed by atoms with Crippen molar-refractivity contribution in [1.29, 1.82) is 0 Å². The number of amides is 3. The Morgan fingerprint density at radius 2 is 1.81 bits per heavy atom. The number of urea groups is 1. The molecule has 3 aliphatic carbocycles. The number of phenolic OH excluding ortho intramolecular Hbond substituents is 1. The van der Waals surface area contributed by atoms with Crippen LogP contribution in [-0.4, -0.2) is 80.3 Å². The van der Waals surface area contributed by atoms with Gasteiger partial charge in [0.05, 0.1) is 17.3 Å². The first-order valence-corrected chi connectivity index (χ1v) is 11.3. The maximum Gasteiger partial charge on any atom is 0.332 e. The summed E-state index contributed by atoms with van der Waals surface area (Å²) in [6.07, 6.45) is 0.0400. The van der Waals surface area contributed by atoms with E-state index in [4.69, 9.17) is 11.5 Å². The van der Waals surface area contributed by atoms with E-state index in [1.165, 1.54) is 31.1 Å². The summed E-state index contributed by atoms with van der Waals surface area (Å²) in [6.45, 7) is 1.57. The number of primary amides is 2. The van der Waals surface area contributed by atoms with Gasteiger partial charge in [-0.3, -0.25) is 19.3 Å². The van der Waals surface area contributed by atoms with Gasteiger partial charge in [0.2, 0.25) is 5.78 Å². The summed E-state index contributed by atoms with van der Waals surface area (Å²) in [7, 11) is 3.05. The van der Waals surface area contributed by atoms with Crippen molar-refractivity contribution in [2.45, 2.75) is 31.4 Å². The molecule has 9 N–H and O–H groups in total. The third-order valence-electron chi connectivity index (χ3n) is 7.33. The molecule has 1 aromatic carbocycles. The number of carbonyl (C=O) groups is 4. The highest BCUT2D eigenvalue weighted by Crippen LogP contribution is 2.52. The Balaban J connectivity index is 1.95. The van der Waals surface area contributed by atoms with Gasteiger partial charge in [-0.15, -0.1) is 0 Å². The fraction of sp³-hybridized carbons (Fsp3) is 0.375. The maximum absolute atomic E-state index is 13.8. The number of phenols is 1. The number of carbonyl (C=O) groups excluding carboxylic acids is 4. The number of nitrogens with two attached hydrogens (primary N) is 2. The second-order valence-electron chi connectivity index (χ2n) is 9.62. The molecular formula is C24H27N5O8. The molecule has 0 radical (unpaired) electrons. The summed E-state index contributed by atoms with van der Waals surface area (Å²) in [6, 6.07) is 0.719. The molecule has 1 saturated carbocycles. The molecule has 4 rings (SSSR count). The van der Waals surface area contributed by atoms with Gasteiger partial charge in [0.1, 0.15) is 22.8 Å². The molecule has 0 aromatic heterocycles. The van der Waals surface area contributed by atoms with Gasteiger partial charge in [-0.25, -0.2) is 10.2 Å². The molecule has 13 heteroatoms. The first-order chi connectivity index (χ1) is 17.2. The highest BCUT2D eigenvalue weighted by molar-refractivity contribution is 6.24. The van der Waals surface area contributed by atoms with E-state index in [2.05, 4.69) is 10.5 Å². The molecular weight excluding hydrogens is 486 g/mol. The minimum Gasteiger partial charge on any atom is -0.508 e. The van der Waals surface area contributed by atoms with Gasteiger partial charge in [-0.2, -0.15) is 5.10 Å². The van der Waals surface area contributed by atoms with Gasteiger partial charge in [0.15, 0.2) is 11.4 Å². The molecule has 0 unspecified atom stereocenters. The Bertz CT molecular complexity index is 1360. The zero-order chi connectivity index (χ0) is 27.6. The van der Waals surface area contributed by atoms with Crippen LogP contribution in [-0.2, 0) is 20.8 Å². The van der Waals surface area contributed by atoms with Crippen LogP contribution in [0, 0.1) is 11.8 Å². The highest BCUT2D eigenvalue weighted by Gasteiger charge is 2.64. The van der Waals surface area contributed by atoms with Crippen molar-refractivity contribution in [3.63, 3.8) is 0 Å². The molecule has 13 nitrogen and oxygen atoms in total. The number of nitrogens with one attached hydrogen (secondary N) is 1. The van der Waals surface area contributed by atoms with E-state index in [-0.39, 0.29) is 29.7 Å². The van der Waals surface area contributed by atoms with Crippen LogP contribution in [0.4, 0.5) is 4.79 Å². The lowest BCUT2D eigenvalue weighted by Crippen LogP contribution is -2.65. The van der Waals surface area contributed by atoms with Gasteiger partial charge >= 0.3 is 6.03 Å². The predicted octanol–water partition coefficient (Wildman–Crippen LogP) is -0.644. The fourth-order valence-corrected chi connectivity index (χ4v) is 5.78. The van der Waals surface area contributed by atoms with Crippen LogP contribution in [0.15, 0.2) is 34.1 Å². The number of hydrogen-bond donors (Lipinski definition) is 7. The van der Waals surface area contributed by atoms with Gasteiger partial charge in [-0.1, -0.05) is 0 Å². The van der Waals surface area contributed by atoms with Crippen molar-refractivity contribution >= 4 is 35.0 Å². The van der Waals surface area contributed by atoms with E-state index in [1.807, 2.05) is 0 Å². The number of aromatic hydroxyl groups is 1. The lowest BCUT2D eigenvalue weighted by molar-refractivity contribution is -0.153. The number of nitrogens with zero attached hydrogens (tertiary/aromatic N) is 2. The van der Waals surface area contributed by atoms with Crippen molar-refractivity contribution in [2.24, 2.45) is 28.4 Å². The number of aliphatic hydroxyl groups excluding tert-OH is 2. The number of benzene rings is 1. The summed E-state index contributed by atoms with van der Waals surface area (Å²) in [5.41, 5.74) is 9.74. The molecule has 0 spiro atoms. The Hall–Kier alpha value is -4.23. The Kier molecular flexibility index (Phi) is 6.08. The molecule has 3 aliphatic rings. The SMILES string of the molecule is C/C(=N/NC(N)=O)c1ccc(O)c2c1C[C@@H]1C[C@@H]3[C@H](N(C)C)C(=O)C(C(N)=O)=C(O)[C@]3(O)C(=O)C1=C2O. The van der Waals surface area contributed by atoms with Crippen LogP contribution < -0.4 is 16.9 Å². The number of ketones is 2. The average Bonchev–Trinajstić information content (AvgIpc) is 2.79. The van der Waals surface area contributed by atoms with Crippen LogP contribution in [0.3, 0.4) is 0 Å². The van der Waals surface area contributed by atoms with Crippen LogP contribution in [0.2, 0.25) is 0 Å². The van der Waals surface area contributed by atoms with Gasteiger partial charge in [0, 0.05) is 17.1 Å². The molecule has 0 aliphatic heterocycles. The van der Waals surface area contributed by atoms with E-state index in [9.17, 15) is 39.6 Å². The quantitative estimate of drug-likeness (QED) is 0.154. The second-order valence-corrected chi connectivity index (χ2v) is 9.62. The first-order valence-electron chi connectivity index (χ1n) is 11.3. The molecule has 1 aromatic rings. The van der Waals surface area contributed by atoms with E-state index in [0.717, 1.165) is 0 Å². The van der Waals surface area contributed by atoms with Gasteiger partial charge < -0.3 is 31.9 Å². The highest BCUT2D eigenvalue weighted by atomic mass is 16.3. The minimum absolute atomic E-state index is 0.0451. The van der Waals surface area contributed by atoms with Crippen LogP contribution in [0.1, 0.15) is 30.0 Å². The molecule has 37 heavy (non-hydrogen) atoms. The van der Waals surface area contributed by atoms with Crippen LogP contribution >= 0.6 is 0 Å². The number of aliphatic hydroxyl groups is 3. The van der Waals surface area contributed by atoms with Crippen molar-refractivity contribution in [2.75, 3.05) is 14.1 Å². The minimum atomic E-state index is -2.71. The van der Waals surface area contributed by atoms with Crippen LogP contribution in [0.5, 0.6) is 5.75 Å². The molecule has 1 fully saturated rings. The van der Waals surface area contributed by atoms with E-state index < -0.39 is 64.1 Å². The summed E-state index contributed by atoms with van der Waals surface area (Å²) in [4.78, 5) is 51.4. The lowest BCUT2D eigenvalue weighted by atomic mass is 9.57. The molecule has 196 valence electrons. The van der Waals surface area contributed by atoms with E-state index in [1.54, 1.807) is 6.92 Å². The maximum atomic E-state index is 13.8. The standard InChI is InChI=1S/C24H27N5O8/c1-8(27-28-23(26)36)10-4-5-13(30)15-11(10)6-9-7-12-17(29(2)3)19(32)16(22(25)35)21(34)24(12,37)20(33)14(9)18(15)31/h4-5,9,12,17,30-31,34,37H,6-7H2,1-3H3,(H2,25,35)(H3,26,28,36)/b27-8-/t9-,12-,17+,24-/m1/s1. The number of hydrogen-bond acceptors (Lipinski definition) is 10. The molecule has 3 amide bonds. The van der Waals surface area contributed by atoms with Crippen molar-refractivity contribution in [1.82, 2.24) is 10.3 Å². The van der Waals surface area contributed by atoms with E-state index >= 15 is 0 Å². The largest absolute Gasteiger partial charge is 0.508 e. The van der Waals surface area contributed by atoms with Crippen molar-refractivity contribution in [3.8, 4) is 5.75 Å². The smallest absolute Gasteiger partial charge is 0.332 e. The van der Waals surface area contributed by atoms with Gasteiger partial charge in [-0.05, 0) is 57.5 Å². The van der Waals surface area contributed by atoms with Gasteiger partial charge in [0.25, 0.3) is 5.91 Å². The Morgan fingerprint density at radius 3 is 2.38 bits per heavy atom. The zero-order valence-corrected chi connectivity index (χ0v) is 20.3. The van der Waals surface area contributed by atoms with Crippen LogP contribution in [0.25, 0.3) is 5.76 Å². The third kappa shape index (κ3) is 3.65. The Labute approximate surface area is 210 Å². The van der Waals surface area contributed by atoms with E-state index in [0.29, 0.717) is 16.8 Å². The fourth-order valence-electron chi connectivity index (χ4n) is 5.78. The normalized spacial score (nSPS) is 27.6. The first kappa shape index (κ1) is 25.9. The summed E-state index contributed by atoms with van der Waals surface area (Å²) in [5, 5.41) is 48.1. The molecule has 0 saturated heterocycles. The Morgan fingerprint density at radius 1 is 1.16 bits per heavy atom. The second kappa shape index (κ2) is 8.71. The number of likely N-dealkylation sites (N-methyl/N-ethyl adjacent to an activating group) is 1. The monoisotopic (exact) mass is 513 g/mol. The average molecular weight is 514 g/mol. The molecule has 0 bridgehead atoms. The zero-order valence-electron chi connectivity index (χ0n) is 20.3. The van der Waals surface area contributed by atoms with Crippen molar-refractivity contribution < 1.29 is 39.6 Å². The third-order valence-corrected chi connectivity index (χ3v) is 7.33. The lowest BCUT2D eigenvalue weighted by Gasteiger charge is -2.50. The number of fused-ring (bicyclic) bond motifs is 3. The number of hydrazone groups is 1. The summed E-state index contributed by atoms with van der Waals surface area (Å²) < 4.78 is 0. The number of Topliss-reactive ketones (excluding diaryl/α,β-unsaturated/α-hetero) is 2. The summed E-state index contributed by atoms with van der Waals surface area (Å²) in [5.74, 6) is -7.28. The summed E-state index contributed by atoms with van der Waals surface area (Å²) >= 11 is 0. The predicted molar refractivity (Wildman–Crippen MR) is 129 cm³/mol. The number of rotatable bonds is 4.